The normalized spacial score (nSPS) is 14.6. The van der Waals surface area contributed by atoms with Gasteiger partial charge in [0.1, 0.15) is 11.6 Å². The zero-order valence-electron chi connectivity index (χ0n) is 18.1. The van der Waals surface area contributed by atoms with Crippen LogP contribution in [-0.2, 0) is 21.4 Å². The van der Waals surface area contributed by atoms with Gasteiger partial charge < -0.3 is 10.6 Å². The summed E-state index contributed by atoms with van der Waals surface area (Å²) in [6.07, 6.45) is 3.27. The Balaban J connectivity index is 1.39. The fourth-order valence-electron chi connectivity index (χ4n) is 3.54. The van der Waals surface area contributed by atoms with Gasteiger partial charge in [-0.2, -0.15) is 4.31 Å². The zero-order chi connectivity index (χ0) is 23.8. The summed E-state index contributed by atoms with van der Waals surface area (Å²) >= 11 is 0. The van der Waals surface area contributed by atoms with Crippen molar-refractivity contribution in [2.45, 2.75) is 43.5 Å². The van der Waals surface area contributed by atoms with Crippen LogP contribution in [0.1, 0.15) is 48.0 Å². The van der Waals surface area contributed by atoms with E-state index in [0.717, 1.165) is 37.0 Å². The van der Waals surface area contributed by atoms with Crippen molar-refractivity contribution in [1.29, 1.82) is 0 Å². The third kappa shape index (κ3) is 6.82. The molecule has 0 atom stereocenters. The Morgan fingerprint density at radius 2 is 1.64 bits per heavy atom. The minimum absolute atomic E-state index is 0.146. The molecule has 1 saturated heterocycles. The second kappa shape index (κ2) is 11.3. The van der Waals surface area contributed by atoms with E-state index in [-0.39, 0.29) is 35.9 Å². The molecule has 33 heavy (non-hydrogen) atoms. The number of nitrogens with zero attached hydrogens (tertiary/aromatic N) is 1. The van der Waals surface area contributed by atoms with Crippen LogP contribution in [0.15, 0.2) is 47.4 Å². The van der Waals surface area contributed by atoms with Crippen molar-refractivity contribution in [3.63, 3.8) is 0 Å². The first-order valence-corrected chi connectivity index (χ1v) is 12.3. The van der Waals surface area contributed by atoms with Gasteiger partial charge in [-0.15, -0.1) is 0 Å². The SMILES string of the molecule is O=C(CCCNC(=O)c1ccc(F)cc1F)NCc1ccc(S(=O)(=O)N2CCCCC2)cc1. The fraction of sp³-hybridized carbons (Fsp3) is 0.391. The summed E-state index contributed by atoms with van der Waals surface area (Å²) in [5.74, 6) is -2.62. The quantitative estimate of drug-likeness (QED) is 0.541. The summed E-state index contributed by atoms with van der Waals surface area (Å²) in [5.41, 5.74) is 0.507. The Morgan fingerprint density at radius 3 is 2.30 bits per heavy atom. The van der Waals surface area contributed by atoms with Crippen molar-refractivity contribution in [2.75, 3.05) is 19.6 Å². The number of nitrogens with one attached hydrogen (secondary N) is 2. The van der Waals surface area contributed by atoms with Gasteiger partial charge in [0.25, 0.3) is 5.91 Å². The van der Waals surface area contributed by atoms with Crippen LogP contribution < -0.4 is 10.6 Å². The Labute approximate surface area is 192 Å². The highest BCUT2D eigenvalue weighted by molar-refractivity contribution is 7.89. The van der Waals surface area contributed by atoms with E-state index in [1.807, 2.05) is 0 Å². The summed E-state index contributed by atoms with van der Waals surface area (Å²) in [7, 11) is -3.49. The van der Waals surface area contributed by atoms with Gasteiger partial charge in [-0.3, -0.25) is 9.59 Å². The standard InChI is InChI=1S/C23H27F2N3O4S/c24-18-8-11-20(21(25)15-18)23(30)26-12-4-5-22(29)27-16-17-6-9-19(10-7-17)33(31,32)28-13-2-1-3-14-28/h6-11,15H,1-5,12-14,16H2,(H,26,30)(H,27,29). The molecule has 2 aromatic carbocycles. The number of rotatable bonds is 9. The van der Waals surface area contributed by atoms with Crippen LogP contribution in [0, 0.1) is 11.6 Å². The van der Waals surface area contributed by atoms with Gasteiger partial charge in [0.15, 0.2) is 0 Å². The molecule has 1 fully saturated rings. The average Bonchev–Trinajstić information content (AvgIpc) is 2.81. The van der Waals surface area contributed by atoms with E-state index in [9.17, 15) is 26.8 Å². The Kier molecular flexibility index (Phi) is 8.51. The van der Waals surface area contributed by atoms with Crippen LogP contribution in [0.3, 0.4) is 0 Å². The smallest absolute Gasteiger partial charge is 0.254 e. The molecule has 10 heteroatoms. The number of hydrogen-bond acceptors (Lipinski definition) is 4. The summed E-state index contributed by atoms with van der Waals surface area (Å²) in [6.45, 7) is 1.49. The van der Waals surface area contributed by atoms with Crippen LogP contribution in [0.4, 0.5) is 8.78 Å². The monoisotopic (exact) mass is 479 g/mol. The molecular weight excluding hydrogens is 452 g/mol. The molecule has 3 rings (SSSR count). The minimum Gasteiger partial charge on any atom is -0.352 e. The van der Waals surface area contributed by atoms with Crippen LogP contribution in [-0.4, -0.2) is 44.2 Å². The lowest BCUT2D eigenvalue weighted by atomic mass is 10.2. The molecule has 0 unspecified atom stereocenters. The lowest BCUT2D eigenvalue weighted by molar-refractivity contribution is -0.121. The molecule has 0 spiro atoms. The molecule has 2 aromatic rings. The van der Waals surface area contributed by atoms with Gasteiger partial charge in [-0.25, -0.2) is 17.2 Å². The van der Waals surface area contributed by atoms with E-state index >= 15 is 0 Å². The highest BCUT2D eigenvalue weighted by Crippen LogP contribution is 2.20. The molecule has 0 saturated carbocycles. The Bertz CT molecular complexity index is 1090. The Hall–Kier alpha value is -2.85. The van der Waals surface area contributed by atoms with E-state index in [2.05, 4.69) is 10.6 Å². The molecule has 178 valence electrons. The van der Waals surface area contributed by atoms with Gasteiger partial charge in [-0.05, 0) is 49.1 Å². The summed E-state index contributed by atoms with van der Waals surface area (Å²) in [4.78, 5) is 24.2. The van der Waals surface area contributed by atoms with Crippen molar-refractivity contribution in [2.24, 2.45) is 0 Å². The molecule has 7 nitrogen and oxygen atoms in total. The summed E-state index contributed by atoms with van der Waals surface area (Å²) in [5, 5.41) is 5.24. The van der Waals surface area contributed by atoms with Gasteiger partial charge in [0, 0.05) is 38.7 Å². The molecule has 2 amide bonds. The highest BCUT2D eigenvalue weighted by atomic mass is 32.2. The maximum absolute atomic E-state index is 13.6. The van der Waals surface area contributed by atoms with Crippen molar-refractivity contribution in [3.05, 3.63) is 65.2 Å². The molecule has 2 N–H and O–H groups in total. The summed E-state index contributed by atoms with van der Waals surface area (Å²) in [6, 6.07) is 9.16. The van der Waals surface area contributed by atoms with Crippen LogP contribution in [0.5, 0.6) is 0 Å². The molecular formula is C23H27F2N3O4S. The van der Waals surface area contributed by atoms with Crippen molar-refractivity contribution in [3.8, 4) is 0 Å². The molecule has 0 aromatic heterocycles. The lowest BCUT2D eigenvalue weighted by Gasteiger charge is -2.25. The van der Waals surface area contributed by atoms with Gasteiger partial charge in [-0.1, -0.05) is 18.6 Å². The number of hydrogen-bond donors (Lipinski definition) is 2. The molecule has 0 bridgehead atoms. The number of carbonyl (C=O) groups excluding carboxylic acids is 2. The van der Waals surface area contributed by atoms with Crippen molar-refractivity contribution >= 4 is 21.8 Å². The predicted molar refractivity (Wildman–Crippen MR) is 119 cm³/mol. The van der Waals surface area contributed by atoms with E-state index in [1.165, 1.54) is 4.31 Å². The second-order valence-corrected chi connectivity index (χ2v) is 9.81. The molecule has 0 radical (unpaired) electrons. The highest BCUT2D eigenvalue weighted by Gasteiger charge is 2.25. The van der Waals surface area contributed by atoms with Crippen LogP contribution >= 0.6 is 0 Å². The van der Waals surface area contributed by atoms with E-state index in [0.29, 0.717) is 25.6 Å². The number of benzene rings is 2. The molecule has 1 heterocycles. The number of amides is 2. The van der Waals surface area contributed by atoms with Crippen molar-refractivity contribution < 1.29 is 26.8 Å². The van der Waals surface area contributed by atoms with Crippen molar-refractivity contribution in [1.82, 2.24) is 14.9 Å². The number of piperidine rings is 1. The largest absolute Gasteiger partial charge is 0.352 e. The number of halogens is 2. The molecule has 1 aliphatic rings. The summed E-state index contributed by atoms with van der Waals surface area (Å²) < 4.78 is 53.3. The van der Waals surface area contributed by atoms with Crippen LogP contribution in [0.25, 0.3) is 0 Å². The van der Waals surface area contributed by atoms with Gasteiger partial charge >= 0.3 is 0 Å². The topological polar surface area (TPSA) is 95.6 Å². The Morgan fingerprint density at radius 1 is 0.939 bits per heavy atom. The molecule has 0 aliphatic carbocycles. The molecule has 1 aliphatic heterocycles. The van der Waals surface area contributed by atoms with E-state index < -0.39 is 27.6 Å². The first-order valence-electron chi connectivity index (χ1n) is 10.9. The van der Waals surface area contributed by atoms with E-state index in [1.54, 1.807) is 24.3 Å². The third-order valence-electron chi connectivity index (χ3n) is 5.41. The third-order valence-corrected chi connectivity index (χ3v) is 7.32. The predicted octanol–water partition coefficient (Wildman–Crippen LogP) is 2.97. The zero-order valence-corrected chi connectivity index (χ0v) is 19.0. The second-order valence-electron chi connectivity index (χ2n) is 7.87. The van der Waals surface area contributed by atoms with Gasteiger partial charge in [0.2, 0.25) is 15.9 Å². The first kappa shape index (κ1) is 24.8. The fourth-order valence-corrected chi connectivity index (χ4v) is 5.06. The average molecular weight is 480 g/mol. The maximum atomic E-state index is 13.6. The van der Waals surface area contributed by atoms with Crippen LogP contribution in [0.2, 0.25) is 0 Å². The number of carbonyl (C=O) groups is 2. The van der Waals surface area contributed by atoms with E-state index in [4.69, 9.17) is 0 Å². The number of sulfonamides is 1. The lowest BCUT2D eigenvalue weighted by Crippen LogP contribution is -2.35. The minimum atomic E-state index is -3.49. The maximum Gasteiger partial charge on any atom is 0.254 e. The first-order chi connectivity index (χ1) is 15.8. The van der Waals surface area contributed by atoms with Gasteiger partial charge in [0.05, 0.1) is 10.5 Å².